The van der Waals surface area contributed by atoms with Gasteiger partial charge in [0.05, 0.1) is 36.1 Å². The van der Waals surface area contributed by atoms with Gasteiger partial charge in [-0.2, -0.15) is 0 Å². The van der Waals surface area contributed by atoms with Gasteiger partial charge in [-0.15, -0.1) is 0 Å². The average molecular weight is 406 g/mol. The molecule has 2 aromatic rings. The average Bonchev–Trinajstić information content (AvgIpc) is 2.81. The Bertz CT molecular complexity index is 898. The van der Waals surface area contributed by atoms with E-state index in [1.165, 1.54) is 24.3 Å². The lowest BCUT2D eigenvalue weighted by molar-refractivity contribution is -0.384. The standard InChI is InChI=1S/C14H4Cl4N2O4/c15-9-7-8(10(16)12(18)11(9)17)14(22)19(13(7)21)5-3-1-2-4-6(5)20(23)24/h1-4H. The number of nitrogens with zero attached hydrogens (tertiary/aromatic N) is 2. The summed E-state index contributed by atoms with van der Waals surface area (Å²) in [5.74, 6) is -1.73. The number of hydrogen-bond acceptors (Lipinski definition) is 4. The topological polar surface area (TPSA) is 80.5 Å². The van der Waals surface area contributed by atoms with E-state index in [-0.39, 0.29) is 36.9 Å². The molecule has 0 radical (unpaired) electrons. The fourth-order valence-electron chi connectivity index (χ4n) is 2.38. The molecule has 0 saturated carbocycles. The van der Waals surface area contributed by atoms with Gasteiger partial charge in [0.2, 0.25) is 0 Å². The molecule has 0 N–H and O–H groups in total. The minimum atomic E-state index is -0.866. The van der Waals surface area contributed by atoms with Gasteiger partial charge in [0.1, 0.15) is 5.69 Å². The van der Waals surface area contributed by atoms with Crippen LogP contribution in [0.25, 0.3) is 0 Å². The monoisotopic (exact) mass is 404 g/mol. The second-order valence-corrected chi connectivity index (χ2v) is 6.21. The van der Waals surface area contributed by atoms with Crippen LogP contribution in [0.2, 0.25) is 20.1 Å². The molecule has 24 heavy (non-hydrogen) atoms. The third-order valence-corrected chi connectivity index (χ3v) is 5.22. The largest absolute Gasteiger partial charge is 0.293 e. The molecule has 0 saturated heterocycles. The molecule has 10 heteroatoms. The van der Waals surface area contributed by atoms with Crippen LogP contribution < -0.4 is 4.90 Å². The van der Waals surface area contributed by atoms with E-state index in [0.29, 0.717) is 4.90 Å². The molecule has 0 unspecified atom stereocenters. The van der Waals surface area contributed by atoms with E-state index in [2.05, 4.69) is 0 Å². The lowest BCUT2D eigenvalue weighted by atomic mass is 10.1. The van der Waals surface area contributed by atoms with Crippen LogP contribution in [0.5, 0.6) is 0 Å². The number of anilines is 1. The maximum Gasteiger partial charge on any atom is 0.293 e. The summed E-state index contributed by atoms with van der Waals surface area (Å²) in [6.45, 7) is 0. The number of para-hydroxylation sites is 2. The van der Waals surface area contributed by atoms with Gasteiger partial charge in [0.25, 0.3) is 17.5 Å². The smallest absolute Gasteiger partial charge is 0.268 e. The number of fused-ring (bicyclic) bond motifs is 1. The molecule has 2 amide bonds. The molecule has 3 rings (SSSR count). The second-order valence-electron chi connectivity index (χ2n) is 4.70. The van der Waals surface area contributed by atoms with E-state index in [1.807, 2.05) is 0 Å². The van der Waals surface area contributed by atoms with Crippen molar-refractivity contribution in [1.82, 2.24) is 0 Å². The SMILES string of the molecule is O=C1c2c(Cl)c(Cl)c(Cl)c(Cl)c2C(=O)N1c1ccccc1[N+](=O)[O-]. The molecule has 6 nitrogen and oxygen atoms in total. The molecule has 1 heterocycles. The highest BCUT2D eigenvalue weighted by Crippen LogP contribution is 2.46. The maximum absolute atomic E-state index is 12.7. The van der Waals surface area contributed by atoms with Gasteiger partial charge in [0, 0.05) is 6.07 Å². The van der Waals surface area contributed by atoms with Crippen molar-refractivity contribution in [3.8, 4) is 0 Å². The zero-order valence-corrected chi connectivity index (χ0v) is 14.4. The molecule has 0 aliphatic carbocycles. The summed E-state index contributed by atoms with van der Waals surface area (Å²) < 4.78 is 0. The molecular weight excluding hydrogens is 402 g/mol. The predicted octanol–water partition coefficient (Wildman–Crippen LogP) is 5.01. The van der Waals surface area contributed by atoms with Crippen LogP contribution in [-0.2, 0) is 0 Å². The Morgan fingerprint density at radius 2 is 1.29 bits per heavy atom. The van der Waals surface area contributed by atoms with Crippen LogP contribution in [0.15, 0.2) is 24.3 Å². The number of halogens is 4. The number of rotatable bonds is 2. The maximum atomic E-state index is 12.7. The van der Waals surface area contributed by atoms with Gasteiger partial charge < -0.3 is 0 Å². The van der Waals surface area contributed by atoms with Crippen molar-refractivity contribution < 1.29 is 14.5 Å². The molecule has 1 aliphatic heterocycles. The van der Waals surface area contributed by atoms with Crippen molar-refractivity contribution in [2.75, 3.05) is 4.90 Å². The first-order chi connectivity index (χ1) is 11.3. The number of hydrogen-bond donors (Lipinski definition) is 0. The molecular formula is C14H4Cl4N2O4. The van der Waals surface area contributed by atoms with Crippen LogP contribution in [0.3, 0.4) is 0 Å². The molecule has 0 spiro atoms. The molecule has 1 aliphatic rings. The summed E-state index contributed by atoms with van der Waals surface area (Å²) in [5, 5.41) is 10.4. The van der Waals surface area contributed by atoms with Gasteiger partial charge in [-0.25, -0.2) is 4.90 Å². The summed E-state index contributed by atoms with van der Waals surface area (Å²) >= 11 is 23.9. The summed E-state index contributed by atoms with van der Waals surface area (Å²) in [7, 11) is 0. The zero-order chi connectivity index (χ0) is 17.8. The van der Waals surface area contributed by atoms with E-state index < -0.39 is 22.4 Å². The van der Waals surface area contributed by atoms with Crippen molar-refractivity contribution in [2.45, 2.75) is 0 Å². The van der Waals surface area contributed by atoms with Crippen LogP contribution in [-0.4, -0.2) is 16.7 Å². The highest BCUT2D eigenvalue weighted by atomic mass is 35.5. The minimum absolute atomic E-state index is 0.173. The first kappa shape index (κ1) is 17.0. The normalized spacial score (nSPS) is 13.4. The number of nitro groups is 1. The summed E-state index contributed by atoms with van der Waals surface area (Å²) in [6.07, 6.45) is 0. The Labute approximate surface area is 154 Å². The Morgan fingerprint density at radius 3 is 1.75 bits per heavy atom. The lowest BCUT2D eigenvalue weighted by Crippen LogP contribution is -2.30. The summed E-state index contributed by atoms with van der Waals surface area (Å²) in [4.78, 5) is 36.4. The fourth-order valence-corrected chi connectivity index (χ4v) is 3.39. The molecule has 0 bridgehead atoms. The van der Waals surface area contributed by atoms with Gasteiger partial charge in [-0.3, -0.25) is 19.7 Å². The predicted molar refractivity (Wildman–Crippen MR) is 90.7 cm³/mol. The van der Waals surface area contributed by atoms with Gasteiger partial charge >= 0.3 is 0 Å². The zero-order valence-electron chi connectivity index (χ0n) is 11.3. The van der Waals surface area contributed by atoms with Crippen molar-refractivity contribution in [3.05, 3.63) is 65.6 Å². The van der Waals surface area contributed by atoms with Gasteiger partial charge in [-0.1, -0.05) is 58.5 Å². The van der Waals surface area contributed by atoms with Crippen molar-refractivity contribution in [1.29, 1.82) is 0 Å². The number of carbonyl (C=O) groups excluding carboxylic acids is 2. The number of benzene rings is 2. The summed E-state index contributed by atoms with van der Waals surface area (Å²) in [5.41, 5.74) is -1.09. The quantitative estimate of drug-likeness (QED) is 0.231. The van der Waals surface area contributed by atoms with Crippen molar-refractivity contribution >= 4 is 69.6 Å². The number of nitro benzene ring substituents is 1. The van der Waals surface area contributed by atoms with E-state index in [4.69, 9.17) is 46.4 Å². The van der Waals surface area contributed by atoms with Crippen LogP contribution in [0, 0.1) is 10.1 Å². The van der Waals surface area contributed by atoms with E-state index in [9.17, 15) is 19.7 Å². The molecule has 122 valence electrons. The third-order valence-electron chi connectivity index (χ3n) is 3.42. The van der Waals surface area contributed by atoms with Crippen LogP contribution in [0.4, 0.5) is 11.4 Å². The highest BCUT2D eigenvalue weighted by molar-refractivity contribution is 6.56. The number of imide groups is 1. The number of carbonyl (C=O) groups is 2. The van der Waals surface area contributed by atoms with Crippen LogP contribution in [0.1, 0.15) is 20.7 Å². The van der Waals surface area contributed by atoms with Crippen molar-refractivity contribution in [3.63, 3.8) is 0 Å². The van der Waals surface area contributed by atoms with E-state index in [1.54, 1.807) is 0 Å². The van der Waals surface area contributed by atoms with Crippen molar-refractivity contribution in [2.24, 2.45) is 0 Å². The molecule has 2 aromatic carbocycles. The Kier molecular flexibility index (Phi) is 4.17. The Balaban J connectivity index is 2.29. The summed E-state index contributed by atoms with van der Waals surface area (Å²) in [6, 6.07) is 5.30. The Hall–Kier alpha value is -1.86. The minimum Gasteiger partial charge on any atom is -0.268 e. The van der Waals surface area contributed by atoms with Crippen LogP contribution >= 0.6 is 46.4 Å². The van der Waals surface area contributed by atoms with E-state index >= 15 is 0 Å². The van der Waals surface area contributed by atoms with Gasteiger partial charge in [0.15, 0.2) is 0 Å². The molecule has 0 aromatic heterocycles. The second kappa shape index (κ2) is 5.89. The number of amides is 2. The highest BCUT2D eigenvalue weighted by Gasteiger charge is 2.44. The molecule has 0 atom stereocenters. The first-order valence-electron chi connectivity index (χ1n) is 6.25. The third kappa shape index (κ3) is 2.26. The lowest BCUT2D eigenvalue weighted by Gasteiger charge is -2.13. The fraction of sp³-hybridized carbons (Fsp3) is 0. The van der Waals surface area contributed by atoms with Gasteiger partial charge in [-0.05, 0) is 6.07 Å². The molecule has 0 fully saturated rings. The van der Waals surface area contributed by atoms with E-state index in [0.717, 1.165) is 0 Å². The first-order valence-corrected chi connectivity index (χ1v) is 7.76. The Morgan fingerprint density at radius 1 is 0.833 bits per heavy atom.